The number of halogens is 6. The number of ether oxygens (including phenoxy) is 1. The van der Waals surface area contributed by atoms with Gasteiger partial charge in [-0.1, -0.05) is 0 Å². The fourth-order valence-corrected chi connectivity index (χ4v) is 0.781. The van der Waals surface area contributed by atoms with Crippen molar-refractivity contribution in [1.82, 2.24) is 0 Å². The maximum absolute atomic E-state index is 11.9. The quantitative estimate of drug-likeness (QED) is 0.554. The van der Waals surface area contributed by atoms with E-state index in [-0.39, 0.29) is 0 Å². The molecular weight excluding hydrogens is 240 g/mol. The first kappa shape index (κ1) is 15.0. The Bertz CT molecular complexity index is 240. The van der Waals surface area contributed by atoms with Gasteiger partial charge in [0.1, 0.15) is 0 Å². The first-order valence-corrected chi connectivity index (χ1v) is 4.27. The highest BCUT2D eigenvalue weighted by atomic mass is 19.4. The normalized spacial score (nSPS) is 14.6. The third-order valence-corrected chi connectivity index (χ3v) is 1.58. The van der Waals surface area contributed by atoms with E-state index in [0.717, 1.165) is 6.07 Å². The van der Waals surface area contributed by atoms with Crippen molar-refractivity contribution in [3.8, 4) is 6.07 Å². The predicted octanol–water partition coefficient (Wildman–Crippen LogP) is 3.05. The lowest BCUT2D eigenvalue weighted by Crippen LogP contribution is -2.26. The van der Waals surface area contributed by atoms with Gasteiger partial charge in [-0.25, -0.2) is 0 Å². The van der Waals surface area contributed by atoms with Crippen molar-refractivity contribution < 1.29 is 31.1 Å². The van der Waals surface area contributed by atoms with Crippen molar-refractivity contribution >= 4 is 0 Å². The molecule has 0 aliphatic heterocycles. The zero-order valence-corrected chi connectivity index (χ0v) is 8.03. The summed E-state index contributed by atoms with van der Waals surface area (Å²) in [4.78, 5) is 0. The summed E-state index contributed by atoms with van der Waals surface area (Å²) in [6, 6.07) is 0.977. The maximum atomic E-state index is 11.9. The molecule has 0 heterocycles. The Balaban J connectivity index is 3.71. The van der Waals surface area contributed by atoms with E-state index in [0.29, 0.717) is 0 Å². The monoisotopic (exact) mass is 249 g/mol. The summed E-state index contributed by atoms with van der Waals surface area (Å²) in [7, 11) is 0. The van der Waals surface area contributed by atoms with Gasteiger partial charge in [-0.15, -0.1) is 0 Å². The Hall–Kier alpha value is -0.970. The van der Waals surface area contributed by atoms with Crippen LogP contribution in [0.2, 0.25) is 0 Å². The largest absolute Gasteiger partial charge is 0.406 e. The summed E-state index contributed by atoms with van der Waals surface area (Å²) in [5, 5.41) is 8.12. The molecule has 1 atom stereocenters. The van der Waals surface area contributed by atoms with Crippen molar-refractivity contribution in [3.05, 3.63) is 0 Å². The lowest BCUT2D eigenvalue weighted by atomic mass is 10.2. The Morgan fingerprint density at radius 1 is 1.12 bits per heavy atom. The first-order chi connectivity index (χ1) is 7.17. The maximum Gasteiger partial charge on any atom is 0.406 e. The summed E-state index contributed by atoms with van der Waals surface area (Å²) in [5.41, 5.74) is 0. The number of hydrogen-bond donors (Lipinski definition) is 0. The second kappa shape index (κ2) is 5.94. The lowest BCUT2D eigenvalue weighted by Gasteiger charge is -2.13. The molecule has 0 aliphatic carbocycles. The van der Waals surface area contributed by atoms with Gasteiger partial charge in [0.05, 0.1) is 12.7 Å². The van der Waals surface area contributed by atoms with Crippen molar-refractivity contribution in [2.75, 3.05) is 13.2 Å². The van der Waals surface area contributed by atoms with Crippen LogP contribution in [0.1, 0.15) is 12.8 Å². The average molecular weight is 249 g/mol. The minimum atomic E-state index is -4.71. The molecule has 0 bridgehead atoms. The molecule has 0 aromatic heterocycles. The van der Waals surface area contributed by atoms with E-state index in [1.807, 2.05) is 0 Å². The standard InChI is InChI=1S/C8H9F6NO/c9-7(10,11)2-1-3-16-5-6(4-15)8(12,13)14/h6H,1-3,5H2. The molecule has 16 heavy (non-hydrogen) atoms. The first-order valence-electron chi connectivity index (χ1n) is 4.27. The molecule has 0 N–H and O–H groups in total. The zero-order chi connectivity index (χ0) is 12.8. The van der Waals surface area contributed by atoms with E-state index >= 15 is 0 Å². The van der Waals surface area contributed by atoms with Crippen LogP contribution >= 0.6 is 0 Å². The summed E-state index contributed by atoms with van der Waals surface area (Å²) in [6.07, 6.45) is -10.6. The smallest absolute Gasteiger partial charge is 0.380 e. The molecule has 0 aromatic rings. The fraction of sp³-hybridized carbons (Fsp3) is 0.875. The summed E-state index contributed by atoms with van der Waals surface area (Å²) < 4.78 is 75.0. The molecule has 8 heteroatoms. The van der Waals surface area contributed by atoms with Crippen molar-refractivity contribution in [1.29, 1.82) is 5.26 Å². The van der Waals surface area contributed by atoms with Crippen molar-refractivity contribution in [3.63, 3.8) is 0 Å². The third kappa shape index (κ3) is 7.34. The molecule has 0 aliphatic rings. The van der Waals surface area contributed by atoms with Crippen LogP contribution in [0.4, 0.5) is 26.3 Å². The highest BCUT2D eigenvalue weighted by molar-refractivity contribution is 4.88. The molecule has 0 saturated carbocycles. The van der Waals surface area contributed by atoms with E-state index in [1.54, 1.807) is 0 Å². The minimum Gasteiger partial charge on any atom is -0.380 e. The second-order valence-corrected chi connectivity index (χ2v) is 3.02. The summed E-state index contributed by atoms with van der Waals surface area (Å²) in [5.74, 6) is -2.29. The van der Waals surface area contributed by atoms with E-state index < -0.39 is 44.3 Å². The van der Waals surface area contributed by atoms with Crippen LogP contribution in [0.25, 0.3) is 0 Å². The molecule has 2 nitrogen and oxygen atoms in total. The van der Waals surface area contributed by atoms with Gasteiger partial charge < -0.3 is 4.74 Å². The van der Waals surface area contributed by atoms with E-state index in [4.69, 9.17) is 5.26 Å². The minimum absolute atomic E-state index is 0.417. The number of rotatable bonds is 5. The molecule has 0 spiro atoms. The van der Waals surface area contributed by atoms with Gasteiger partial charge in [0, 0.05) is 13.0 Å². The van der Waals surface area contributed by atoms with E-state index in [1.165, 1.54) is 0 Å². The Morgan fingerprint density at radius 3 is 2.06 bits per heavy atom. The van der Waals surface area contributed by atoms with Crippen LogP contribution in [0.15, 0.2) is 0 Å². The van der Waals surface area contributed by atoms with Gasteiger partial charge in [-0.2, -0.15) is 31.6 Å². The number of nitriles is 1. The van der Waals surface area contributed by atoms with Crippen LogP contribution in [-0.2, 0) is 4.74 Å². The predicted molar refractivity (Wildman–Crippen MR) is 41.3 cm³/mol. The van der Waals surface area contributed by atoms with Gasteiger partial charge in [-0.3, -0.25) is 0 Å². The van der Waals surface area contributed by atoms with Crippen LogP contribution in [-0.4, -0.2) is 25.6 Å². The number of nitrogens with zero attached hydrogens (tertiary/aromatic N) is 1. The highest BCUT2D eigenvalue weighted by Crippen LogP contribution is 2.26. The number of alkyl halides is 6. The van der Waals surface area contributed by atoms with Crippen LogP contribution < -0.4 is 0 Å². The fourth-order valence-electron chi connectivity index (χ4n) is 0.781. The van der Waals surface area contributed by atoms with Crippen LogP contribution in [0.5, 0.6) is 0 Å². The van der Waals surface area contributed by atoms with Gasteiger partial charge in [-0.05, 0) is 6.42 Å². The SMILES string of the molecule is N#CC(COCCCC(F)(F)F)C(F)(F)F. The second-order valence-electron chi connectivity index (χ2n) is 3.02. The molecule has 0 rings (SSSR count). The van der Waals surface area contributed by atoms with Crippen molar-refractivity contribution in [2.45, 2.75) is 25.2 Å². The molecule has 1 unspecified atom stereocenters. The summed E-state index contributed by atoms with van der Waals surface area (Å²) >= 11 is 0. The van der Waals surface area contributed by atoms with Crippen LogP contribution in [0, 0.1) is 17.2 Å². The van der Waals surface area contributed by atoms with Crippen LogP contribution in [0.3, 0.4) is 0 Å². The van der Waals surface area contributed by atoms with E-state index in [9.17, 15) is 26.3 Å². The number of hydrogen-bond acceptors (Lipinski definition) is 2. The van der Waals surface area contributed by atoms with E-state index in [2.05, 4.69) is 4.74 Å². The third-order valence-electron chi connectivity index (χ3n) is 1.58. The van der Waals surface area contributed by atoms with Gasteiger partial charge in [0.2, 0.25) is 0 Å². The topological polar surface area (TPSA) is 33.0 Å². The average Bonchev–Trinajstić information content (AvgIpc) is 2.07. The Morgan fingerprint density at radius 2 is 1.69 bits per heavy atom. The molecule has 0 aromatic carbocycles. The van der Waals surface area contributed by atoms with Crippen molar-refractivity contribution in [2.24, 2.45) is 5.92 Å². The molecule has 0 saturated heterocycles. The summed E-state index contributed by atoms with van der Waals surface area (Å²) in [6.45, 7) is -1.38. The molecule has 0 radical (unpaired) electrons. The van der Waals surface area contributed by atoms with Gasteiger partial charge >= 0.3 is 12.4 Å². The van der Waals surface area contributed by atoms with Gasteiger partial charge in [0.25, 0.3) is 0 Å². The highest BCUT2D eigenvalue weighted by Gasteiger charge is 2.40. The molecular formula is C8H9F6NO. The molecule has 0 amide bonds. The Kier molecular flexibility index (Phi) is 5.58. The molecule has 0 fully saturated rings. The van der Waals surface area contributed by atoms with Gasteiger partial charge in [0.15, 0.2) is 5.92 Å². The lowest BCUT2D eigenvalue weighted by molar-refractivity contribution is -0.173. The molecule has 94 valence electrons. The zero-order valence-electron chi connectivity index (χ0n) is 8.03. The Labute approximate surface area is 87.8 Å².